The van der Waals surface area contributed by atoms with Crippen LogP contribution in [-0.4, -0.2) is 7.11 Å². The summed E-state index contributed by atoms with van der Waals surface area (Å²) in [6, 6.07) is 11.1. The lowest BCUT2D eigenvalue weighted by molar-refractivity contribution is 0.384. The van der Waals surface area contributed by atoms with Crippen molar-refractivity contribution in [2.75, 3.05) is 12.4 Å². The van der Waals surface area contributed by atoms with E-state index in [1.807, 2.05) is 25.1 Å². The molecule has 0 fully saturated rings. The maximum atomic E-state index is 14.0. The van der Waals surface area contributed by atoms with Gasteiger partial charge in [-0.15, -0.1) is 0 Å². The standard InChI is InChI=1S/C15H15BrFNO/c1-10-6-7-12(16)13(8-10)18-9-11-4-3-5-14(19-2)15(11)17/h3-8,18H,9H2,1-2H3. The summed E-state index contributed by atoms with van der Waals surface area (Å²) in [5, 5.41) is 3.22. The highest BCUT2D eigenvalue weighted by Gasteiger charge is 2.08. The van der Waals surface area contributed by atoms with Crippen LogP contribution < -0.4 is 10.1 Å². The normalized spacial score (nSPS) is 10.3. The van der Waals surface area contributed by atoms with Gasteiger partial charge in [-0.1, -0.05) is 18.2 Å². The van der Waals surface area contributed by atoms with Crippen LogP contribution in [0.2, 0.25) is 0 Å². The molecule has 2 aromatic carbocycles. The molecular weight excluding hydrogens is 309 g/mol. The van der Waals surface area contributed by atoms with Gasteiger partial charge in [0.15, 0.2) is 11.6 Å². The smallest absolute Gasteiger partial charge is 0.170 e. The molecule has 0 saturated carbocycles. The lowest BCUT2D eigenvalue weighted by atomic mass is 10.1. The van der Waals surface area contributed by atoms with Gasteiger partial charge in [-0.2, -0.15) is 0 Å². The quantitative estimate of drug-likeness (QED) is 0.893. The van der Waals surface area contributed by atoms with Gasteiger partial charge in [0.25, 0.3) is 0 Å². The van der Waals surface area contributed by atoms with Crippen molar-refractivity contribution in [3.05, 3.63) is 57.8 Å². The molecule has 0 aromatic heterocycles. The van der Waals surface area contributed by atoms with E-state index in [-0.39, 0.29) is 11.6 Å². The Labute approximate surface area is 120 Å². The van der Waals surface area contributed by atoms with E-state index in [1.165, 1.54) is 7.11 Å². The second-order valence-electron chi connectivity index (χ2n) is 4.27. The summed E-state index contributed by atoms with van der Waals surface area (Å²) in [5.41, 5.74) is 2.67. The predicted octanol–water partition coefficient (Wildman–Crippen LogP) is 4.52. The van der Waals surface area contributed by atoms with E-state index in [0.29, 0.717) is 12.1 Å². The number of anilines is 1. The maximum Gasteiger partial charge on any atom is 0.170 e. The molecule has 0 atom stereocenters. The molecule has 0 spiro atoms. The van der Waals surface area contributed by atoms with Crippen LogP contribution >= 0.6 is 15.9 Å². The van der Waals surface area contributed by atoms with Crippen LogP contribution in [0.4, 0.5) is 10.1 Å². The van der Waals surface area contributed by atoms with Gasteiger partial charge in [0.1, 0.15) is 0 Å². The minimum Gasteiger partial charge on any atom is -0.494 e. The molecule has 0 heterocycles. The van der Waals surface area contributed by atoms with Crippen molar-refractivity contribution in [3.8, 4) is 5.75 Å². The van der Waals surface area contributed by atoms with Gasteiger partial charge in [-0.05, 0) is 46.6 Å². The lowest BCUT2D eigenvalue weighted by Gasteiger charge is -2.11. The number of hydrogen-bond donors (Lipinski definition) is 1. The highest BCUT2D eigenvalue weighted by atomic mass is 79.9. The number of ether oxygens (including phenoxy) is 1. The van der Waals surface area contributed by atoms with Gasteiger partial charge in [-0.3, -0.25) is 0 Å². The fraction of sp³-hybridized carbons (Fsp3) is 0.200. The van der Waals surface area contributed by atoms with Crippen LogP contribution in [0.15, 0.2) is 40.9 Å². The van der Waals surface area contributed by atoms with Crippen LogP contribution in [0.25, 0.3) is 0 Å². The number of methoxy groups -OCH3 is 1. The second kappa shape index (κ2) is 6.06. The fourth-order valence-corrected chi connectivity index (χ4v) is 2.20. The lowest BCUT2D eigenvalue weighted by Crippen LogP contribution is -2.03. The van der Waals surface area contributed by atoms with E-state index >= 15 is 0 Å². The van der Waals surface area contributed by atoms with E-state index in [9.17, 15) is 4.39 Å². The van der Waals surface area contributed by atoms with Crippen LogP contribution in [0.1, 0.15) is 11.1 Å². The summed E-state index contributed by atoms with van der Waals surface area (Å²) in [7, 11) is 1.47. The van der Waals surface area contributed by atoms with E-state index < -0.39 is 0 Å². The Kier molecular flexibility index (Phi) is 4.43. The van der Waals surface area contributed by atoms with Crippen LogP contribution in [-0.2, 0) is 6.54 Å². The largest absolute Gasteiger partial charge is 0.494 e. The molecule has 0 saturated heterocycles. The molecule has 0 aliphatic rings. The SMILES string of the molecule is COc1cccc(CNc2cc(C)ccc2Br)c1F. The molecule has 0 unspecified atom stereocenters. The fourth-order valence-electron chi connectivity index (χ4n) is 1.82. The Balaban J connectivity index is 2.17. The molecule has 0 bridgehead atoms. The third-order valence-electron chi connectivity index (χ3n) is 2.85. The molecule has 100 valence electrons. The molecular formula is C15H15BrFNO. The van der Waals surface area contributed by atoms with Crippen molar-refractivity contribution < 1.29 is 9.13 Å². The molecule has 0 aliphatic heterocycles. The van der Waals surface area contributed by atoms with Crippen LogP contribution in [0, 0.1) is 12.7 Å². The summed E-state index contributed by atoms with van der Waals surface area (Å²) in [6.45, 7) is 2.43. The van der Waals surface area contributed by atoms with Gasteiger partial charge < -0.3 is 10.1 Å². The topological polar surface area (TPSA) is 21.3 Å². The third kappa shape index (κ3) is 3.26. The Morgan fingerprint density at radius 1 is 1.26 bits per heavy atom. The molecule has 0 aliphatic carbocycles. The average molecular weight is 324 g/mol. The van der Waals surface area contributed by atoms with Crippen LogP contribution in [0.3, 0.4) is 0 Å². The third-order valence-corrected chi connectivity index (χ3v) is 3.55. The molecule has 4 heteroatoms. The van der Waals surface area contributed by atoms with E-state index in [2.05, 4.69) is 21.2 Å². The van der Waals surface area contributed by atoms with Gasteiger partial charge in [0.05, 0.1) is 7.11 Å². The Morgan fingerprint density at radius 3 is 2.79 bits per heavy atom. The predicted molar refractivity (Wildman–Crippen MR) is 79.2 cm³/mol. The Hall–Kier alpha value is -1.55. The van der Waals surface area contributed by atoms with Gasteiger partial charge in [-0.25, -0.2) is 4.39 Å². The van der Waals surface area contributed by atoms with Gasteiger partial charge in [0.2, 0.25) is 0 Å². The van der Waals surface area contributed by atoms with E-state index in [0.717, 1.165) is 15.7 Å². The van der Waals surface area contributed by atoms with E-state index in [1.54, 1.807) is 18.2 Å². The van der Waals surface area contributed by atoms with E-state index in [4.69, 9.17) is 4.74 Å². The summed E-state index contributed by atoms with van der Waals surface area (Å²) >= 11 is 3.47. The summed E-state index contributed by atoms with van der Waals surface area (Å²) in [4.78, 5) is 0. The van der Waals surface area contributed by atoms with Crippen molar-refractivity contribution in [1.82, 2.24) is 0 Å². The first-order valence-corrected chi connectivity index (χ1v) is 6.72. The molecule has 0 radical (unpaired) electrons. The van der Waals surface area contributed by atoms with Gasteiger partial charge >= 0.3 is 0 Å². The zero-order valence-electron chi connectivity index (χ0n) is 10.8. The Bertz CT molecular complexity index is 586. The highest BCUT2D eigenvalue weighted by molar-refractivity contribution is 9.10. The number of benzene rings is 2. The summed E-state index contributed by atoms with van der Waals surface area (Å²) in [6.07, 6.45) is 0. The molecule has 19 heavy (non-hydrogen) atoms. The second-order valence-corrected chi connectivity index (χ2v) is 5.12. The molecule has 0 amide bonds. The van der Waals surface area contributed by atoms with Crippen molar-refractivity contribution in [3.63, 3.8) is 0 Å². The molecule has 2 aromatic rings. The van der Waals surface area contributed by atoms with Gasteiger partial charge in [0, 0.05) is 22.3 Å². The number of aryl methyl sites for hydroxylation is 1. The first-order chi connectivity index (χ1) is 9.11. The zero-order valence-corrected chi connectivity index (χ0v) is 12.4. The van der Waals surface area contributed by atoms with Crippen molar-refractivity contribution in [1.29, 1.82) is 0 Å². The first-order valence-electron chi connectivity index (χ1n) is 5.93. The van der Waals surface area contributed by atoms with Crippen molar-refractivity contribution in [2.45, 2.75) is 13.5 Å². The number of rotatable bonds is 4. The zero-order chi connectivity index (χ0) is 13.8. The molecule has 2 nitrogen and oxygen atoms in total. The van der Waals surface area contributed by atoms with Crippen LogP contribution in [0.5, 0.6) is 5.75 Å². The number of nitrogens with one attached hydrogen (secondary N) is 1. The monoisotopic (exact) mass is 323 g/mol. The van der Waals surface area contributed by atoms with Crippen molar-refractivity contribution >= 4 is 21.6 Å². The average Bonchev–Trinajstić information content (AvgIpc) is 2.41. The molecule has 1 N–H and O–H groups in total. The first kappa shape index (κ1) is 13.9. The minimum absolute atomic E-state index is 0.266. The minimum atomic E-state index is -0.318. The molecule has 2 rings (SSSR count). The summed E-state index contributed by atoms with van der Waals surface area (Å²) < 4.78 is 19.9. The Morgan fingerprint density at radius 2 is 2.05 bits per heavy atom. The summed E-state index contributed by atoms with van der Waals surface area (Å²) in [5.74, 6) is -0.0520. The number of halogens is 2. The van der Waals surface area contributed by atoms with Crippen molar-refractivity contribution in [2.24, 2.45) is 0 Å². The maximum absolute atomic E-state index is 14.0. The number of hydrogen-bond acceptors (Lipinski definition) is 2. The highest BCUT2D eigenvalue weighted by Crippen LogP contribution is 2.25.